The Kier molecular flexibility index (Phi) is 12.0. The Morgan fingerprint density at radius 3 is 2.61 bits per heavy atom. The van der Waals surface area contributed by atoms with Crippen LogP contribution < -0.4 is 10.6 Å². The number of likely N-dealkylation sites (N-methyl/N-ethyl adjacent to an activating group) is 1. The van der Waals surface area contributed by atoms with Gasteiger partial charge in [0.1, 0.15) is 5.60 Å². The molecule has 1 aliphatic heterocycles. The van der Waals surface area contributed by atoms with Crippen molar-refractivity contribution in [1.82, 2.24) is 20.4 Å². The summed E-state index contributed by atoms with van der Waals surface area (Å²) in [5, 5.41) is 17.4. The van der Waals surface area contributed by atoms with Gasteiger partial charge in [-0.15, -0.1) is 24.0 Å². The zero-order valence-electron chi connectivity index (χ0n) is 17.7. The first-order valence-electron chi connectivity index (χ1n) is 10.2. The van der Waals surface area contributed by atoms with Crippen LogP contribution in [0.25, 0.3) is 0 Å². The molecule has 1 aromatic carbocycles. The molecule has 0 spiro atoms. The van der Waals surface area contributed by atoms with Gasteiger partial charge in [-0.3, -0.25) is 0 Å². The lowest BCUT2D eigenvalue weighted by molar-refractivity contribution is 0.0672. The van der Waals surface area contributed by atoms with E-state index in [9.17, 15) is 5.11 Å². The fraction of sp³-hybridized carbons (Fsp3) is 0.667. The van der Waals surface area contributed by atoms with Crippen LogP contribution in [0.3, 0.4) is 0 Å². The van der Waals surface area contributed by atoms with Crippen molar-refractivity contribution < 1.29 is 5.11 Å². The molecule has 1 heterocycles. The van der Waals surface area contributed by atoms with Crippen molar-refractivity contribution in [2.45, 2.75) is 32.3 Å². The van der Waals surface area contributed by atoms with Gasteiger partial charge in [0.15, 0.2) is 5.96 Å². The first-order chi connectivity index (χ1) is 13.0. The molecule has 1 saturated heterocycles. The van der Waals surface area contributed by atoms with Crippen LogP contribution in [0.2, 0.25) is 0 Å². The maximum Gasteiger partial charge on any atom is 0.191 e. The number of guanidine groups is 1. The average Bonchev–Trinajstić information content (AvgIpc) is 2.88. The summed E-state index contributed by atoms with van der Waals surface area (Å²) in [6.45, 7) is 11.7. The van der Waals surface area contributed by atoms with Crippen molar-refractivity contribution in [2.75, 3.05) is 59.4 Å². The van der Waals surface area contributed by atoms with Crippen LogP contribution in [-0.4, -0.2) is 80.3 Å². The van der Waals surface area contributed by atoms with Crippen molar-refractivity contribution in [3.63, 3.8) is 0 Å². The second-order valence-corrected chi connectivity index (χ2v) is 7.61. The van der Waals surface area contributed by atoms with Gasteiger partial charge in [-0.2, -0.15) is 0 Å². The van der Waals surface area contributed by atoms with Crippen LogP contribution in [0.4, 0.5) is 0 Å². The minimum Gasteiger partial charge on any atom is -0.384 e. The number of benzene rings is 1. The number of rotatable bonds is 8. The topological polar surface area (TPSA) is 63.1 Å². The maximum atomic E-state index is 10.7. The third-order valence-corrected chi connectivity index (χ3v) is 5.04. The summed E-state index contributed by atoms with van der Waals surface area (Å²) in [6, 6.07) is 9.72. The molecule has 0 amide bonds. The number of nitrogens with one attached hydrogen (secondary N) is 2. The molecule has 6 nitrogen and oxygen atoms in total. The molecular weight excluding hydrogens is 465 g/mol. The highest BCUT2D eigenvalue weighted by Crippen LogP contribution is 2.20. The molecule has 1 aliphatic rings. The molecule has 0 saturated carbocycles. The third-order valence-electron chi connectivity index (χ3n) is 5.04. The largest absolute Gasteiger partial charge is 0.384 e. The fourth-order valence-electron chi connectivity index (χ4n) is 3.30. The summed E-state index contributed by atoms with van der Waals surface area (Å²) in [6.07, 6.45) is 2.34. The van der Waals surface area contributed by atoms with Crippen LogP contribution in [0, 0.1) is 0 Å². The van der Waals surface area contributed by atoms with E-state index in [0.717, 1.165) is 50.7 Å². The molecule has 0 bridgehead atoms. The smallest absolute Gasteiger partial charge is 0.191 e. The van der Waals surface area contributed by atoms with E-state index in [1.165, 1.54) is 19.5 Å². The van der Waals surface area contributed by atoms with E-state index < -0.39 is 5.60 Å². The number of hydrogen-bond donors (Lipinski definition) is 3. The summed E-state index contributed by atoms with van der Waals surface area (Å²) >= 11 is 0. The molecule has 1 atom stereocenters. The Bertz CT molecular complexity index is 567. The van der Waals surface area contributed by atoms with Gasteiger partial charge in [0.2, 0.25) is 0 Å². The quantitative estimate of drug-likeness (QED) is 0.220. The third kappa shape index (κ3) is 9.07. The molecule has 0 aromatic heterocycles. The number of aliphatic hydroxyl groups is 1. The molecule has 2 rings (SSSR count). The molecule has 1 unspecified atom stereocenters. The van der Waals surface area contributed by atoms with Gasteiger partial charge in [-0.1, -0.05) is 30.3 Å². The summed E-state index contributed by atoms with van der Waals surface area (Å²) in [7, 11) is 2.20. The van der Waals surface area contributed by atoms with Gasteiger partial charge in [-0.25, -0.2) is 4.99 Å². The predicted molar refractivity (Wildman–Crippen MR) is 129 cm³/mol. The minimum atomic E-state index is -0.971. The predicted octanol–water partition coefficient (Wildman–Crippen LogP) is 2.09. The van der Waals surface area contributed by atoms with Gasteiger partial charge >= 0.3 is 0 Å². The second kappa shape index (κ2) is 13.3. The molecule has 0 aliphatic carbocycles. The zero-order chi connectivity index (χ0) is 19.5. The Morgan fingerprint density at radius 2 is 1.89 bits per heavy atom. The van der Waals surface area contributed by atoms with Crippen molar-refractivity contribution in [3.05, 3.63) is 35.9 Å². The fourth-order valence-corrected chi connectivity index (χ4v) is 3.30. The van der Waals surface area contributed by atoms with E-state index >= 15 is 0 Å². The van der Waals surface area contributed by atoms with E-state index in [2.05, 4.69) is 39.4 Å². The van der Waals surface area contributed by atoms with E-state index in [-0.39, 0.29) is 24.0 Å². The van der Waals surface area contributed by atoms with Crippen LogP contribution in [0.15, 0.2) is 35.3 Å². The Hall–Kier alpha value is -0.900. The lowest BCUT2D eigenvalue weighted by Gasteiger charge is -2.23. The highest BCUT2D eigenvalue weighted by molar-refractivity contribution is 14.0. The highest BCUT2D eigenvalue weighted by Gasteiger charge is 2.22. The molecule has 3 N–H and O–H groups in total. The molecule has 0 radical (unpaired) electrons. The average molecular weight is 503 g/mol. The standard InChI is InChI=1S/C21H37N5O.HI/c1-4-22-20(24-18-21(2,27)19-10-6-5-7-11-19)23-12-8-14-26-15-9-13-25(3)16-17-26;/h5-7,10-11,27H,4,8-9,12-18H2,1-3H3,(H2,22,23,24);1H. The SMILES string of the molecule is CCNC(=NCC(C)(O)c1ccccc1)NCCCN1CCCN(C)CC1.I. The normalized spacial score (nSPS) is 18.6. The number of halogens is 1. The van der Waals surface area contributed by atoms with Gasteiger partial charge in [0.25, 0.3) is 0 Å². The van der Waals surface area contributed by atoms with E-state index in [4.69, 9.17) is 0 Å². The molecule has 1 aromatic rings. The summed E-state index contributed by atoms with van der Waals surface area (Å²) in [5.41, 5.74) is -0.0856. The number of hydrogen-bond acceptors (Lipinski definition) is 4. The lowest BCUT2D eigenvalue weighted by Crippen LogP contribution is -2.40. The number of nitrogens with zero attached hydrogens (tertiary/aromatic N) is 3. The van der Waals surface area contributed by atoms with Crippen LogP contribution in [0.5, 0.6) is 0 Å². The summed E-state index contributed by atoms with van der Waals surface area (Å²) in [4.78, 5) is 9.56. The van der Waals surface area contributed by atoms with E-state index in [1.54, 1.807) is 0 Å². The Morgan fingerprint density at radius 1 is 1.14 bits per heavy atom. The molecule has 1 fully saturated rings. The zero-order valence-corrected chi connectivity index (χ0v) is 20.0. The second-order valence-electron chi connectivity index (χ2n) is 7.61. The monoisotopic (exact) mass is 503 g/mol. The molecule has 7 heteroatoms. The molecule has 160 valence electrons. The lowest BCUT2D eigenvalue weighted by atomic mass is 9.96. The van der Waals surface area contributed by atoms with Gasteiger partial charge < -0.3 is 25.5 Å². The summed E-state index contributed by atoms with van der Waals surface area (Å²) < 4.78 is 0. The van der Waals surface area contributed by atoms with Gasteiger partial charge in [0, 0.05) is 26.2 Å². The maximum absolute atomic E-state index is 10.7. The first-order valence-corrected chi connectivity index (χ1v) is 10.2. The van der Waals surface area contributed by atoms with Crippen LogP contribution >= 0.6 is 24.0 Å². The van der Waals surface area contributed by atoms with Crippen LogP contribution in [-0.2, 0) is 5.60 Å². The van der Waals surface area contributed by atoms with Crippen LogP contribution in [0.1, 0.15) is 32.3 Å². The van der Waals surface area contributed by atoms with E-state index in [0.29, 0.717) is 6.54 Å². The molecule has 28 heavy (non-hydrogen) atoms. The number of aliphatic imine (C=N–C) groups is 1. The van der Waals surface area contributed by atoms with Gasteiger partial charge in [-0.05, 0) is 58.9 Å². The summed E-state index contributed by atoms with van der Waals surface area (Å²) in [5.74, 6) is 0.768. The van der Waals surface area contributed by atoms with E-state index in [1.807, 2.05) is 37.3 Å². The van der Waals surface area contributed by atoms with Gasteiger partial charge in [0.05, 0.1) is 6.54 Å². The first kappa shape index (κ1) is 25.1. The highest BCUT2D eigenvalue weighted by atomic mass is 127. The van der Waals surface area contributed by atoms with Crippen molar-refractivity contribution in [2.24, 2.45) is 4.99 Å². The van der Waals surface area contributed by atoms with Crippen molar-refractivity contribution in [1.29, 1.82) is 0 Å². The van der Waals surface area contributed by atoms with Crippen molar-refractivity contribution >= 4 is 29.9 Å². The molecular formula is C21H38IN5O. The van der Waals surface area contributed by atoms with Crippen molar-refractivity contribution in [3.8, 4) is 0 Å². The minimum absolute atomic E-state index is 0. The Labute approximate surface area is 187 Å². The Balaban J connectivity index is 0.00000392.